The Morgan fingerprint density at radius 2 is 1.68 bits per heavy atom. The molecule has 2 aromatic carbocycles. The monoisotopic (exact) mass is 474 g/mol. The van der Waals surface area contributed by atoms with Crippen molar-refractivity contribution >= 4 is 22.4 Å². The van der Waals surface area contributed by atoms with E-state index in [2.05, 4.69) is 46.2 Å². The summed E-state index contributed by atoms with van der Waals surface area (Å²) in [5, 5.41) is 4.28. The summed E-state index contributed by atoms with van der Waals surface area (Å²) in [5.41, 5.74) is 2.99. The highest BCUT2D eigenvalue weighted by molar-refractivity contribution is 7.19. The van der Waals surface area contributed by atoms with Gasteiger partial charge in [-0.05, 0) is 37.7 Å². The molecule has 1 unspecified atom stereocenters. The van der Waals surface area contributed by atoms with E-state index in [-0.39, 0.29) is 11.9 Å². The molecule has 0 spiro atoms. The zero-order chi connectivity index (χ0) is 23.5. The third-order valence-corrected chi connectivity index (χ3v) is 7.19. The van der Waals surface area contributed by atoms with Gasteiger partial charge in [0.2, 0.25) is 5.95 Å². The van der Waals surface area contributed by atoms with Crippen molar-refractivity contribution < 1.29 is 4.39 Å². The second kappa shape index (κ2) is 9.87. The average Bonchev–Trinajstić information content (AvgIpc) is 3.31. The molecular weight excluding hydrogens is 447 g/mol. The fraction of sp³-hybridized carbons (Fsp3) is 0.269. The van der Waals surface area contributed by atoms with Crippen molar-refractivity contribution in [1.29, 1.82) is 0 Å². The van der Waals surface area contributed by atoms with Crippen molar-refractivity contribution in [2.45, 2.75) is 13.0 Å². The van der Waals surface area contributed by atoms with Gasteiger partial charge in [-0.2, -0.15) is 0 Å². The van der Waals surface area contributed by atoms with Gasteiger partial charge in [0.1, 0.15) is 5.82 Å². The van der Waals surface area contributed by atoms with Crippen LogP contribution in [-0.4, -0.2) is 53.1 Å². The van der Waals surface area contributed by atoms with Crippen LogP contribution in [0.5, 0.6) is 0 Å². The zero-order valence-corrected chi connectivity index (χ0v) is 20.1. The molecule has 0 amide bonds. The maximum Gasteiger partial charge on any atom is 0.223 e. The van der Waals surface area contributed by atoms with Crippen LogP contribution in [0.4, 0.5) is 15.5 Å². The largest absolute Gasteiger partial charge is 0.348 e. The number of nitrogens with one attached hydrogen (secondary N) is 1. The Bertz CT molecular complexity index is 1250. The molecule has 1 atom stereocenters. The molecule has 1 fully saturated rings. The van der Waals surface area contributed by atoms with Gasteiger partial charge in [0.15, 0.2) is 5.13 Å². The van der Waals surface area contributed by atoms with Gasteiger partial charge in [0, 0.05) is 37.9 Å². The first-order valence-corrected chi connectivity index (χ1v) is 12.2. The van der Waals surface area contributed by atoms with Crippen LogP contribution in [0, 0.1) is 5.82 Å². The van der Waals surface area contributed by atoms with Crippen molar-refractivity contribution in [2.75, 3.05) is 43.4 Å². The first-order chi connectivity index (χ1) is 16.6. The lowest BCUT2D eigenvalue weighted by Gasteiger charge is -2.32. The lowest BCUT2D eigenvalue weighted by Crippen LogP contribution is -2.44. The smallest absolute Gasteiger partial charge is 0.223 e. The third kappa shape index (κ3) is 4.78. The number of anilines is 2. The number of benzene rings is 2. The van der Waals surface area contributed by atoms with E-state index in [0.29, 0.717) is 17.2 Å². The molecule has 3 heterocycles. The van der Waals surface area contributed by atoms with Crippen LogP contribution in [0.25, 0.3) is 21.8 Å². The Morgan fingerprint density at radius 1 is 0.941 bits per heavy atom. The van der Waals surface area contributed by atoms with E-state index in [1.807, 2.05) is 30.3 Å². The van der Waals surface area contributed by atoms with Gasteiger partial charge < -0.3 is 15.1 Å². The minimum atomic E-state index is -0.288. The molecule has 2 aromatic heterocycles. The number of piperazine rings is 1. The van der Waals surface area contributed by atoms with Crippen LogP contribution in [0.3, 0.4) is 0 Å². The molecule has 0 bridgehead atoms. The van der Waals surface area contributed by atoms with Crippen molar-refractivity contribution in [3.63, 3.8) is 0 Å². The molecular formula is C26H27FN6S. The van der Waals surface area contributed by atoms with Gasteiger partial charge in [-0.15, -0.1) is 0 Å². The maximum atomic E-state index is 14.8. The normalized spacial score (nSPS) is 15.3. The Kier molecular flexibility index (Phi) is 6.51. The Labute approximate surface area is 203 Å². The Balaban J connectivity index is 1.51. The molecule has 1 saturated heterocycles. The summed E-state index contributed by atoms with van der Waals surface area (Å²) >= 11 is 1.56. The fourth-order valence-electron chi connectivity index (χ4n) is 4.02. The van der Waals surface area contributed by atoms with E-state index in [0.717, 1.165) is 47.4 Å². The predicted octanol–water partition coefficient (Wildman–Crippen LogP) is 5.33. The van der Waals surface area contributed by atoms with Crippen LogP contribution < -0.4 is 10.2 Å². The SMILES string of the molecule is CC(Nc1nccc(-c2sc(N3CCN(C)CC3)nc2-c2ccccc2F)n1)c1ccccc1. The number of hydrogen-bond acceptors (Lipinski definition) is 7. The second-order valence-electron chi connectivity index (χ2n) is 8.49. The van der Waals surface area contributed by atoms with E-state index in [4.69, 9.17) is 9.97 Å². The standard InChI is InChI=1S/C26H27FN6S/c1-18(19-8-4-3-5-9-19)29-25-28-13-12-22(30-25)24-23(20-10-6-7-11-21(20)27)31-26(34-24)33-16-14-32(2)15-17-33/h3-13,18H,14-17H2,1-2H3,(H,28,29,30). The van der Waals surface area contributed by atoms with E-state index < -0.39 is 0 Å². The summed E-state index contributed by atoms with van der Waals surface area (Å²) in [6, 6.07) is 18.9. The predicted molar refractivity (Wildman–Crippen MR) is 137 cm³/mol. The molecule has 1 aliphatic heterocycles. The van der Waals surface area contributed by atoms with Gasteiger partial charge in [-0.1, -0.05) is 53.8 Å². The molecule has 174 valence electrons. The summed E-state index contributed by atoms with van der Waals surface area (Å²) in [6.07, 6.45) is 1.74. The number of thiazole rings is 1. The van der Waals surface area contributed by atoms with Crippen LogP contribution in [0.1, 0.15) is 18.5 Å². The number of rotatable bonds is 6. The van der Waals surface area contributed by atoms with Crippen molar-refractivity contribution in [3.8, 4) is 21.8 Å². The van der Waals surface area contributed by atoms with Crippen molar-refractivity contribution in [3.05, 3.63) is 78.2 Å². The second-order valence-corrected chi connectivity index (χ2v) is 9.46. The number of halogens is 1. The molecule has 0 aliphatic carbocycles. The minimum Gasteiger partial charge on any atom is -0.348 e. The van der Waals surface area contributed by atoms with Crippen LogP contribution in [-0.2, 0) is 0 Å². The average molecular weight is 475 g/mol. The molecule has 1 N–H and O–H groups in total. The molecule has 0 saturated carbocycles. The van der Waals surface area contributed by atoms with Crippen LogP contribution in [0.2, 0.25) is 0 Å². The molecule has 8 heteroatoms. The lowest BCUT2D eigenvalue weighted by molar-refractivity contribution is 0.313. The molecule has 6 nitrogen and oxygen atoms in total. The Hall–Kier alpha value is -3.36. The van der Waals surface area contributed by atoms with Gasteiger partial charge in [0.25, 0.3) is 0 Å². The van der Waals surface area contributed by atoms with Gasteiger partial charge in [-0.25, -0.2) is 19.3 Å². The number of aromatic nitrogens is 3. The van der Waals surface area contributed by atoms with E-state index in [1.54, 1.807) is 29.7 Å². The molecule has 5 rings (SSSR count). The maximum absolute atomic E-state index is 14.8. The quantitative estimate of drug-likeness (QED) is 0.408. The molecule has 34 heavy (non-hydrogen) atoms. The molecule has 0 radical (unpaired) electrons. The fourth-order valence-corrected chi connectivity index (χ4v) is 5.13. The molecule has 1 aliphatic rings. The Morgan fingerprint density at radius 3 is 2.44 bits per heavy atom. The summed E-state index contributed by atoms with van der Waals surface area (Å²) in [6.45, 7) is 5.82. The topological polar surface area (TPSA) is 57.2 Å². The van der Waals surface area contributed by atoms with Crippen molar-refractivity contribution in [1.82, 2.24) is 19.9 Å². The highest BCUT2D eigenvalue weighted by Gasteiger charge is 2.24. The van der Waals surface area contributed by atoms with Gasteiger partial charge >= 0.3 is 0 Å². The number of hydrogen-bond donors (Lipinski definition) is 1. The minimum absolute atomic E-state index is 0.0462. The zero-order valence-electron chi connectivity index (χ0n) is 19.3. The van der Waals surface area contributed by atoms with Gasteiger partial charge in [-0.3, -0.25) is 0 Å². The summed E-state index contributed by atoms with van der Waals surface area (Å²) in [5.74, 6) is 0.243. The molecule has 4 aromatic rings. The van der Waals surface area contributed by atoms with Crippen molar-refractivity contribution in [2.24, 2.45) is 0 Å². The first-order valence-electron chi connectivity index (χ1n) is 11.4. The third-order valence-electron chi connectivity index (χ3n) is 6.05. The van der Waals surface area contributed by atoms with Gasteiger partial charge in [0.05, 0.1) is 22.3 Å². The van der Waals surface area contributed by atoms with E-state index in [9.17, 15) is 4.39 Å². The van der Waals surface area contributed by atoms with Crippen LogP contribution >= 0.6 is 11.3 Å². The lowest BCUT2D eigenvalue weighted by atomic mass is 10.1. The summed E-state index contributed by atoms with van der Waals surface area (Å²) in [7, 11) is 2.13. The van der Waals surface area contributed by atoms with E-state index in [1.165, 1.54) is 6.07 Å². The summed E-state index contributed by atoms with van der Waals surface area (Å²) in [4.78, 5) is 19.6. The number of nitrogens with zero attached hydrogens (tertiary/aromatic N) is 5. The van der Waals surface area contributed by atoms with Crippen LogP contribution in [0.15, 0.2) is 66.9 Å². The summed E-state index contributed by atoms with van der Waals surface area (Å²) < 4.78 is 14.8. The van der Waals surface area contributed by atoms with E-state index >= 15 is 0 Å². The number of likely N-dealkylation sites (N-methyl/N-ethyl adjacent to an activating group) is 1. The first kappa shape index (κ1) is 22.4. The highest BCUT2D eigenvalue weighted by Crippen LogP contribution is 2.40. The highest BCUT2D eigenvalue weighted by atomic mass is 32.1.